The molecule has 3 aromatic heterocycles. The predicted octanol–water partition coefficient (Wildman–Crippen LogP) is 40.2. The van der Waals surface area contributed by atoms with Gasteiger partial charge in [0.2, 0.25) is 0 Å². The Bertz CT molecular complexity index is 9490. The molecule has 0 unspecified atom stereocenters. The Labute approximate surface area is 838 Å². The summed E-state index contributed by atoms with van der Waals surface area (Å²) in [5.41, 5.74) is 30.5. The minimum Gasteiger partial charge on any atom is -0.456 e. The highest BCUT2D eigenvalue weighted by atomic mass is 32.1. The van der Waals surface area contributed by atoms with Crippen molar-refractivity contribution in [2.45, 2.75) is 0 Å². The third kappa shape index (κ3) is 16.0. The van der Waals surface area contributed by atoms with Gasteiger partial charge >= 0.3 is 0 Å². The summed E-state index contributed by atoms with van der Waals surface area (Å²) in [6, 6.07) is 198. The lowest BCUT2D eigenvalue weighted by Crippen LogP contribution is -2.10. The zero-order valence-electron chi connectivity index (χ0n) is 78.6. The standard InChI is InChI=1S/C50H33NS.2C44H29NO/c1-3-10-34(11-4-1)36-20-26-42(27-21-36)51(43-28-22-37(23-29-43)35-12-5-2-6-13-35)44-15-9-14-39(33-44)40-24-30-45-41(32-40)19-18-38-25-31-48-50(49(38)45)46-16-7-8-17-47(46)52-48;1-3-11-30(12-4-1)32-21-25-35(26-22-32)45(36-16-9-15-34(29-36)31-13-5-2-6-14-31)40-19-10-18-38-37(40)27-23-33-24-28-42-44(43(33)38)39-17-7-8-20-41(39)46-42;1-3-10-30(11-4-1)32-18-24-35(25-19-32)45(36-26-20-33(21-27-36)31-12-5-2-6-13-31)40-16-9-15-38-37(40)28-22-34-23-29-42-44(43(34)38)39-14-7-8-17-41(39)46-42/h1-33H;2*1-29H. The van der Waals surface area contributed by atoms with Gasteiger partial charge in [0, 0.05) is 103 Å². The van der Waals surface area contributed by atoms with Crippen molar-refractivity contribution < 1.29 is 8.83 Å². The average molecular weight is 1860 g/mol. The topological polar surface area (TPSA) is 36.0 Å². The molecule has 28 rings (SSSR count). The van der Waals surface area contributed by atoms with Crippen molar-refractivity contribution in [1.82, 2.24) is 0 Å². The van der Waals surface area contributed by atoms with E-state index in [9.17, 15) is 0 Å². The molecule has 0 bridgehead atoms. The summed E-state index contributed by atoms with van der Waals surface area (Å²) >= 11 is 1.88. The van der Waals surface area contributed by atoms with Crippen LogP contribution in [-0.2, 0) is 0 Å². The van der Waals surface area contributed by atoms with Crippen molar-refractivity contribution >= 4 is 191 Å². The minimum absolute atomic E-state index is 0.913. The van der Waals surface area contributed by atoms with Crippen LogP contribution in [0.5, 0.6) is 0 Å². The summed E-state index contributed by atoms with van der Waals surface area (Å²) in [5.74, 6) is 0. The molecule has 0 spiro atoms. The van der Waals surface area contributed by atoms with E-state index in [-0.39, 0.29) is 0 Å². The van der Waals surface area contributed by atoms with Crippen LogP contribution >= 0.6 is 11.3 Å². The van der Waals surface area contributed by atoms with Crippen LogP contribution in [0.15, 0.2) is 561 Å². The number of rotatable bonds is 16. The first-order valence-corrected chi connectivity index (χ1v) is 49.9. The Hall–Kier alpha value is -18.7. The normalized spacial score (nSPS) is 11.5. The fourth-order valence-corrected chi connectivity index (χ4v) is 22.6. The second-order valence-corrected chi connectivity index (χ2v) is 37.9. The first kappa shape index (κ1) is 85.7. The number of furan rings is 2. The Kier molecular flexibility index (Phi) is 22.1. The van der Waals surface area contributed by atoms with E-state index in [1.54, 1.807) is 0 Å². The highest BCUT2D eigenvalue weighted by molar-refractivity contribution is 7.26. The molecule has 6 heteroatoms. The molecule has 28 aromatic rings. The number of thiophene rings is 1. The van der Waals surface area contributed by atoms with Gasteiger partial charge in [-0.1, -0.05) is 413 Å². The molecule has 0 aliphatic heterocycles. The Morgan fingerprint density at radius 2 is 0.410 bits per heavy atom. The van der Waals surface area contributed by atoms with E-state index in [1.807, 2.05) is 23.5 Å². The average Bonchev–Trinajstić information content (AvgIpc) is 1.45. The van der Waals surface area contributed by atoms with Crippen LogP contribution in [0.25, 0.3) is 207 Å². The lowest BCUT2D eigenvalue weighted by molar-refractivity contribution is 0.669. The molecular formula is C138H91N3O2S. The first-order chi connectivity index (χ1) is 71.4. The second kappa shape index (κ2) is 37.2. The van der Waals surface area contributed by atoms with E-state index < -0.39 is 0 Å². The minimum atomic E-state index is 0.913. The third-order valence-electron chi connectivity index (χ3n) is 28.3. The van der Waals surface area contributed by atoms with E-state index >= 15 is 0 Å². The maximum Gasteiger partial charge on any atom is 0.136 e. The summed E-state index contributed by atoms with van der Waals surface area (Å²) in [5, 5.41) is 22.1. The SMILES string of the molecule is c1ccc(-c2ccc(N(c3ccc(-c4ccccc4)cc3)c3cccc(-c4ccc5c(ccc6ccc7sc8ccccc8c7c65)c4)c3)cc2)cc1.c1ccc(-c2ccc(N(c3ccc(-c4ccccc4)cc3)c3cccc4c3ccc3ccc5oc6ccccc6c5c34)cc2)cc1.c1ccc(-c2ccc(N(c3cccc(-c4ccccc4)c3)c3cccc4c3ccc3ccc5oc6ccccc6c5c34)cc2)cc1. The quantitative estimate of drug-likeness (QED) is 0.0901. The van der Waals surface area contributed by atoms with E-state index in [0.717, 1.165) is 84.3 Å². The van der Waals surface area contributed by atoms with Crippen LogP contribution < -0.4 is 14.7 Å². The van der Waals surface area contributed by atoms with Gasteiger partial charge in [-0.3, -0.25) is 0 Å². The van der Waals surface area contributed by atoms with E-state index in [2.05, 4.69) is 555 Å². The molecule has 0 fully saturated rings. The zero-order chi connectivity index (χ0) is 95.3. The molecule has 3 heterocycles. The second-order valence-electron chi connectivity index (χ2n) is 36.8. The van der Waals surface area contributed by atoms with E-state index in [1.165, 1.54) is 173 Å². The van der Waals surface area contributed by atoms with Gasteiger partial charge in [-0.25, -0.2) is 0 Å². The van der Waals surface area contributed by atoms with Crippen molar-refractivity contribution in [3.63, 3.8) is 0 Å². The predicted molar refractivity (Wildman–Crippen MR) is 614 cm³/mol. The summed E-state index contributed by atoms with van der Waals surface area (Å²) < 4.78 is 15.3. The highest BCUT2D eigenvalue weighted by Gasteiger charge is 2.25. The van der Waals surface area contributed by atoms with Gasteiger partial charge in [-0.15, -0.1) is 11.3 Å². The lowest BCUT2D eigenvalue weighted by Gasteiger charge is -2.28. The largest absolute Gasteiger partial charge is 0.456 e. The highest BCUT2D eigenvalue weighted by Crippen LogP contribution is 2.51. The molecule has 0 radical (unpaired) electrons. The number of benzene rings is 25. The van der Waals surface area contributed by atoms with Crippen molar-refractivity contribution in [2.24, 2.45) is 0 Å². The Balaban J connectivity index is 0.000000110. The molecule has 0 aliphatic rings. The molecule has 25 aromatic carbocycles. The van der Waals surface area contributed by atoms with Gasteiger partial charge < -0.3 is 23.5 Å². The van der Waals surface area contributed by atoms with Gasteiger partial charge in [0.25, 0.3) is 0 Å². The molecule has 0 aliphatic carbocycles. The van der Waals surface area contributed by atoms with Crippen molar-refractivity contribution in [1.29, 1.82) is 0 Å². The van der Waals surface area contributed by atoms with Gasteiger partial charge in [0.15, 0.2) is 0 Å². The summed E-state index contributed by atoms with van der Waals surface area (Å²) in [4.78, 5) is 7.13. The van der Waals surface area contributed by atoms with Crippen molar-refractivity contribution in [2.75, 3.05) is 14.7 Å². The Morgan fingerprint density at radius 1 is 0.132 bits per heavy atom. The molecule has 0 saturated heterocycles. The van der Waals surface area contributed by atoms with Crippen LogP contribution in [0.3, 0.4) is 0 Å². The maximum atomic E-state index is 6.32. The van der Waals surface area contributed by atoms with Gasteiger partial charge in [0.05, 0.1) is 11.4 Å². The van der Waals surface area contributed by atoms with Crippen LogP contribution in [0.2, 0.25) is 0 Å². The summed E-state index contributed by atoms with van der Waals surface area (Å²) in [6.45, 7) is 0. The zero-order valence-corrected chi connectivity index (χ0v) is 79.4. The molecule has 676 valence electrons. The van der Waals surface area contributed by atoms with E-state index in [4.69, 9.17) is 8.83 Å². The smallest absolute Gasteiger partial charge is 0.136 e. The third-order valence-corrected chi connectivity index (χ3v) is 29.5. The first-order valence-electron chi connectivity index (χ1n) is 49.1. The van der Waals surface area contributed by atoms with Crippen LogP contribution in [0, 0.1) is 0 Å². The number of anilines is 9. The summed E-state index contributed by atoms with van der Waals surface area (Å²) in [6.07, 6.45) is 0. The number of para-hydroxylation sites is 2. The number of hydrogen-bond donors (Lipinski definition) is 0. The van der Waals surface area contributed by atoms with E-state index in [0.29, 0.717) is 0 Å². The van der Waals surface area contributed by atoms with Crippen molar-refractivity contribution in [3.05, 3.63) is 552 Å². The molecule has 144 heavy (non-hydrogen) atoms. The lowest BCUT2D eigenvalue weighted by atomic mass is 9.94. The number of nitrogens with zero attached hydrogens (tertiary/aromatic N) is 3. The monoisotopic (exact) mass is 1850 g/mol. The maximum absolute atomic E-state index is 6.32. The Morgan fingerprint density at radius 3 is 0.833 bits per heavy atom. The molecule has 0 N–H and O–H groups in total. The molecule has 0 atom stereocenters. The van der Waals surface area contributed by atoms with Gasteiger partial charge in [-0.05, 0) is 261 Å². The molecular weight excluding hydrogens is 1760 g/mol. The summed E-state index contributed by atoms with van der Waals surface area (Å²) in [7, 11) is 0. The van der Waals surface area contributed by atoms with Gasteiger partial charge in [-0.2, -0.15) is 0 Å². The van der Waals surface area contributed by atoms with Crippen LogP contribution in [0.4, 0.5) is 51.2 Å². The van der Waals surface area contributed by atoms with Crippen molar-refractivity contribution in [3.8, 4) is 77.9 Å². The molecule has 0 amide bonds. The van der Waals surface area contributed by atoms with Gasteiger partial charge in [0.1, 0.15) is 22.3 Å². The fourth-order valence-electron chi connectivity index (χ4n) is 21.5. The van der Waals surface area contributed by atoms with Crippen LogP contribution in [-0.4, -0.2) is 0 Å². The van der Waals surface area contributed by atoms with Crippen LogP contribution in [0.1, 0.15) is 0 Å². The molecule has 0 saturated carbocycles. The fraction of sp³-hybridized carbons (Fsp3) is 0. The number of fused-ring (bicyclic) bond motifs is 21. The number of hydrogen-bond acceptors (Lipinski definition) is 6. The molecule has 5 nitrogen and oxygen atoms in total.